The molecule has 0 aromatic rings. The van der Waals surface area contributed by atoms with Crippen molar-refractivity contribution in [2.24, 2.45) is 17.3 Å². The van der Waals surface area contributed by atoms with Gasteiger partial charge in [0.05, 0.1) is 5.41 Å². The standard InChI is InChI=1S/C12H24O2/c1-6-12(5,11(13)14)8-10(4)7-9(2)3/h9-10H,6-8H2,1-5H3,(H,13,14)/t10?,12-/m0/s1. The van der Waals surface area contributed by atoms with Crippen LogP contribution >= 0.6 is 0 Å². The summed E-state index contributed by atoms with van der Waals surface area (Å²) in [6.45, 7) is 10.3. The summed E-state index contributed by atoms with van der Waals surface area (Å²) in [6, 6.07) is 0. The van der Waals surface area contributed by atoms with Gasteiger partial charge in [0.2, 0.25) is 0 Å². The van der Waals surface area contributed by atoms with Gasteiger partial charge in [0.15, 0.2) is 0 Å². The van der Waals surface area contributed by atoms with Crippen molar-refractivity contribution < 1.29 is 9.90 Å². The SMILES string of the molecule is CC[C@@](C)(CC(C)CC(C)C)C(=O)O. The molecular formula is C12H24O2. The summed E-state index contributed by atoms with van der Waals surface area (Å²) >= 11 is 0. The van der Waals surface area contributed by atoms with Crippen molar-refractivity contribution in [2.45, 2.75) is 53.9 Å². The first-order valence-corrected chi connectivity index (χ1v) is 5.55. The highest BCUT2D eigenvalue weighted by Gasteiger charge is 2.32. The van der Waals surface area contributed by atoms with Gasteiger partial charge >= 0.3 is 5.97 Å². The van der Waals surface area contributed by atoms with Crippen molar-refractivity contribution in [3.8, 4) is 0 Å². The Hall–Kier alpha value is -0.530. The molecule has 0 aliphatic carbocycles. The molecule has 0 aliphatic heterocycles. The summed E-state index contributed by atoms with van der Waals surface area (Å²) in [6.07, 6.45) is 2.62. The van der Waals surface area contributed by atoms with Gasteiger partial charge in [0, 0.05) is 0 Å². The van der Waals surface area contributed by atoms with E-state index < -0.39 is 11.4 Å². The van der Waals surface area contributed by atoms with Crippen LogP contribution in [0.15, 0.2) is 0 Å². The minimum atomic E-state index is -0.657. The Labute approximate surface area is 87.7 Å². The lowest BCUT2D eigenvalue weighted by Gasteiger charge is -2.27. The predicted molar refractivity (Wildman–Crippen MR) is 59.3 cm³/mol. The van der Waals surface area contributed by atoms with E-state index in [1.165, 1.54) is 0 Å². The highest BCUT2D eigenvalue weighted by molar-refractivity contribution is 5.73. The van der Waals surface area contributed by atoms with E-state index in [-0.39, 0.29) is 0 Å². The van der Waals surface area contributed by atoms with E-state index in [9.17, 15) is 4.79 Å². The van der Waals surface area contributed by atoms with E-state index in [0.29, 0.717) is 18.3 Å². The molecule has 1 N–H and O–H groups in total. The number of carbonyl (C=O) groups is 1. The van der Waals surface area contributed by atoms with Gasteiger partial charge in [0.1, 0.15) is 0 Å². The van der Waals surface area contributed by atoms with Crippen LogP contribution in [0.5, 0.6) is 0 Å². The van der Waals surface area contributed by atoms with Crippen LogP contribution in [0.4, 0.5) is 0 Å². The molecule has 0 amide bonds. The maximum atomic E-state index is 11.1. The third-order valence-corrected chi connectivity index (χ3v) is 2.97. The summed E-state index contributed by atoms with van der Waals surface area (Å²) in [5, 5.41) is 9.12. The smallest absolute Gasteiger partial charge is 0.309 e. The van der Waals surface area contributed by atoms with Crippen LogP contribution in [0, 0.1) is 17.3 Å². The van der Waals surface area contributed by atoms with Gasteiger partial charge in [-0.2, -0.15) is 0 Å². The van der Waals surface area contributed by atoms with Crippen molar-refractivity contribution in [2.75, 3.05) is 0 Å². The van der Waals surface area contributed by atoms with Gasteiger partial charge in [-0.25, -0.2) is 0 Å². The van der Waals surface area contributed by atoms with Crippen LogP contribution in [0.3, 0.4) is 0 Å². The second-order valence-electron chi connectivity index (χ2n) is 5.16. The lowest BCUT2D eigenvalue weighted by Crippen LogP contribution is -2.29. The van der Waals surface area contributed by atoms with Gasteiger partial charge < -0.3 is 5.11 Å². The topological polar surface area (TPSA) is 37.3 Å². The highest BCUT2D eigenvalue weighted by atomic mass is 16.4. The van der Waals surface area contributed by atoms with Crippen molar-refractivity contribution in [3.05, 3.63) is 0 Å². The largest absolute Gasteiger partial charge is 0.481 e. The molecule has 14 heavy (non-hydrogen) atoms. The second-order valence-corrected chi connectivity index (χ2v) is 5.16. The molecule has 0 saturated heterocycles. The predicted octanol–water partition coefficient (Wildman–Crippen LogP) is 3.56. The van der Waals surface area contributed by atoms with Crippen LogP contribution in [0.1, 0.15) is 53.9 Å². The monoisotopic (exact) mass is 200 g/mol. The van der Waals surface area contributed by atoms with Crippen LogP contribution in [0.25, 0.3) is 0 Å². The summed E-state index contributed by atoms with van der Waals surface area (Å²) in [4.78, 5) is 11.1. The number of hydrogen-bond acceptors (Lipinski definition) is 1. The Morgan fingerprint density at radius 2 is 1.86 bits per heavy atom. The molecule has 0 aliphatic rings. The average Bonchev–Trinajstić information content (AvgIpc) is 2.01. The Bertz CT molecular complexity index is 187. The minimum Gasteiger partial charge on any atom is -0.481 e. The van der Waals surface area contributed by atoms with Crippen molar-refractivity contribution >= 4 is 5.97 Å². The fourth-order valence-electron chi connectivity index (χ4n) is 2.04. The van der Waals surface area contributed by atoms with Gasteiger partial charge in [-0.05, 0) is 38.0 Å². The van der Waals surface area contributed by atoms with E-state index >= 15 is 0 Å². The second kappa shape index (κ2) is 5.38. The molecule has 0 rings (SSSR count). The molecule has 2 atom stereocenters. The molecule has 0 aromatic heterocycles. The van der Waals surface area contributed by atoms with Crippen LogP contribution in [-0.4, -0.2) is 11.1 Å². The van der Waals surface area contributed by atoms with E-state index in [0.717, 1.165) is 12.8 Å². The van der Waals surface area contributed by atoms with Crippen LogP contribution in [0.2, 0.25) is 0 Å². The Balaban J connectivity index is 4.24. The number of carboxylic acid groups (broad SMARTS) is 1. The Morgan fingerprint density at radius 1 is 1.36 bits per heavy atom. The minimum absolute atomic E-state index is 0.496. The zero-order chi connectivity index (χ0) is 11.4. The van der Waals surface area contributed by atoms with E-state index in [2.05, 4.69) is 20.8 Å². The average molecular weight is 200 g/mol. The highest BCUT2D eigenvalue weighted by Crippen LogP contribution is 2.32. The van der Waals surface area contributed by atoms with Gasteiger partial charge in [-0.15, -0.1) is 0 Å². The normalized spacial score (nSPS) is 17.9. The lowest BCUT2D eigenvalue weighted by molar-refractivity contribution is -0.149. The van der Waals surface area contributed by atoms with Crippen molar-refractivity contribution in [3.63, 3.8) is 0 Å². The number of rotatable bonds is 6. The quantitative estimate of drug-likeness (QED) is 0.711. The maximum absolute atomic E-state index is 11.1. The maximum Gasteiger partial charge on any atom is 0.309 e. The number of carboxylic acids is 1. The van der Waals surface area contributed by atoms with Crippen LogP contribution < -0.4 is 0 Å². The van der Waals surface area contributed by atoms with Crippen molar-refractivity contribution in [1.29, 1.82) is 0 Å². The fraction of sp³-hybridized carbons (Fsp3) is 0.917. The van der Waals surface area contributed by atoms with Gasteiger partial charge in [-0.1, -0.05) is 27.7 Å². The first kappa shape index (κ1) is 13.5. The van der Waals surface area contributed by atoms with E-state index in [1.54, 1.807) is 0 Å². The first-order valence-electron chi connectivity index (χ1n) is 5.55. The Kier molecular flexibility index (Phi) is 5.17. The van der Waals surface area contributed by atoms with Crippen molar-refractivity contribution in [1.82, 2.24) is 0 Å². The summed E-state index contributed by atoms with van der Waals surface area (Å²) in [7, 11) is 0. The molecule has 0 heterocycles. The van der Waals surface area contributed by atoms with E-state index in [1.807, 2.05) is 13.8 Å². The summed E-state index contributed by atoms with van der Waals surface area (Å²) in [5.41, 5.74) is -0.533. The fourth-order valence-corrected chi connectivity index (χ4v) is 2.04. The van der Waals surface area contributed by atoms with E-state index in [4.69, 9.17) is 5.11 Å². The molecule has 0 radical (unpaired) electrons. The molecular weight excluding hydrogens is 176 g/mol. The summed E-state index contributed by atoms with van der Waals surface area (Å²) in [5.74, 6) is 0.492. The van der Waals surface area contributed by atoms with Gasteiger partial charge in [-0.3, -0.25) is 4.79 Å². The molecule has 1 unspecified atom stereocenters. The first-order chi connectivity index (χ1) is 6.31. The summed E-state index contributed by atoms with van der Waals surface area (Å²) < 4.78 is 0. The zero-order valence-electron chi connectivity index (χ0n) is 10.1. The molecule has 0 saturated carbocycles. The third-order valence-electron chi connectivity index (χ3n) is 2.97. The molecule has 0 spiro atoms. The Morgan fingerprint density at radius 3 is 2.14 bits per heavy atom. The van der Waals surface area contributed by atoms with Gasteiger partial charge in [0.25, 0.3) is 0 Å². The number of aliphatic carboxylic acids is 1. The van der Waals surface area contributed by atoms with Crippen LogP contribution in [-0.2, 0) is 4.79 Å². The molecule has 84 valence electrons. The zero-order valence-corrected chi connectivity index (χ0v) is 10.1. The molecule has 0 fully saturated rings. The number of hydrogen-bond donors (Lipinski definition) is 1. The third kappa shape index (κ3) is 4.12. The molecule has 2 heteroatoms. The molecule has 0 bridgehead atoms. The molecule has 2 nitrogen and oxygen atoms in total. The molecule has 0 aromatic carbocycles. The lowest BCUT2D eigenvalue weighted by atomic mass is 9.77.